The second-order valence-corrected chi connectivity index (χ2v) is 5.24. The lowest BCUT2D eigenvalue weighted by atomic mass is 10.1. The number of aryl methyl sites for hydroxylation is 2. The highest BCUT2D eigenvalue weighted by Crippen LogP contribution is 2.22. The fourth-order valence-electron chi connectivity index (χ4n) is 2.41. The molecule has 112 valence electrons. The summed E-state index contributed by atoms with van der Waals surface area (Å²) in [6.07, 6.45) is 3.41. The number of fused-ring (bicyclic) bond motifs is 1. The molecule has 1 amide bonds. The van der Waals surface area contributed by atoms with E-state index in [4.69, 9.17) is 4.52 Å². The smallest absolute Gasteiger partial charge is 0.258 e. The standard InChI is InChI=1S/C16H16N4O2/c1-9-8-13(14-11(3)20-22-16(14)18-9)15(21)19-10(2)12-4-6-17-7-5-12/h4-8,10H,1-3H3,(H,19,21)/t10-/m1/s1. The van der Waals surface area contributed by atoms with Crippen LogP contribution in [0.4, 0.5) is 0 Å². The Kier molecular flexibility index (Phi) is 3.58. The van der Waals surface area contributed by atoms with Gasteiger partial charge in [-0.2, -0.15) is 0 Å². The maximum Gasteiger partial charge on any atom is 0.258 e. The van der Waals surface area contributed by atoms with Crippen LogP contribution in [0, 0.1) is 13.8 Å². The quantitative estimate of drug-likeness (QED) is 0.803. The number of nitrogens with zero attached hydrogens (tertiary/aromatic N) is 3. The fourth-order valence-corrected chi connectivity index (χ4v) is 2.41. The molecule has 3 rings (SSSR count). The van der Waals surface area contributed by atoms with Crippen molar-refractivity contribution in [2.75, 3.05) is 0 Å². The molecular formula is C16H16N4O2. The number of rotatable bonds is 3. The fraction of sp³-hybridized carbons (Fsp3) is 0.250. The van der Waals surface area contributed by atoms with E-state index >= 15 is 0 Å². The lowest BCUT2D eigenvalue weighted by molar-refractivity contribution is 0.0941. The summed E-state index contributed by atoms with van der Waals surface area (Å²) in [5.41, 5.74) is 3.28. The van der Waals surface area contributed by atoms with Crippen molar-refractivity contribution in [3.8, 4) is 0 Å². The maximum absolute atomic E-state index is 12.6. The number of hydrogen-bond acceptors (Lipinski definition) is 5. The molecule has 0 saturated heterocycles. The van der Waals surface area contributed by atoms with Crippen LogP contribution in [0.15, 0.2) is 35.1 Å². The first-order chi connectivity index (χ1) is 10.6. The van der Waals surface area contributed by atoms with Gasteiger partial charge in [-0.25, -0.2) is 4.98 Å². The van der Waals surface area contributed by atoms with Gasteiger partial charge in [-0.15, -0.1) is 0 Å². The summed E-state index contributed by atoms with van der Waals surface area (Å²) >= 11 is 0. The Morgan fingerprint density at radius 2 is 2.00 bits per heavy atom. The van der Waals surface area contributed by atoms with Crippen LogP contribution in [-0.2, 0) is 0 Å². The molecule has 0 radical (unpaired) electrons. The molecule has 3 aromatic rings. The highest BCUT2D eigenvalue weighted by atomic mass is 16.5. The maximum atomic E-state index is 12.6. The van der Waals surface area contributed by atoms with Gasteiger partial charge in [0.25, 0.3) is 11.6 Å². The topological polar surface area (TPSA) is 80.9 Å². The van der Waals surface area contributed by atoms with E-state index in [9.17, 15) is 4.79 Å². The van der Waals surface area contributed by atoms with E-state index in [1.165, 1.54) is 0 Å². The summed E-state index contributed by atoms with van der Waals surface area (Å²) < 4.78 is 5.16. The molecule has 1 N–H and O–H groups in total. The van der Waals surface area contributed by atoms with Gasteiger partial charge in [-0.3, -0.25) is 9.78 Å². The second kappa shape index (κ2) is 5.55. The average molecular weight is 296 g/mol. The van der Waals surface area contributed by atoms with E-state index < -0.39 is 0 Å². The first-order valence-electron chi connectivity index (χ1n) is 7.00. The molecule has 0 fully saturated rings. The summed E-state index contributed by atoms with van der Waals surface area (Å²) in [4.78, 5) is 20.9. The van der Waals surface area contributed by atoms with Crippen molar-refractivity contribution >= 4 is 17.0 Å². The monoisotopic (exact) mass is 296 g/mol. The van der Waals surface area contributed by atoms with E-state index in [1.54, 1.807) is 25.4 Å². The molecule has 0 aliphatic heterocycles. The van der Waals surface area contributed by atoms with Crippen LogP contribution >= 0.6 is 0 Å². The summed E-state index contributed by atoms with van der Waals surface area (Å²) in [5.74, 6) is -0.175. The van der Waals surface area contributed by atoms with E-state index in [1.807, 2.05) is 26.0 Å². The molecule has 0 aliphatic rings. The van der Waals surface area contributed by atoms with E-state index in [2.05, 4.69) is 20.4 Å². The van der Waals surface area contributed by atoms with Crippen LogP contribution in [0.5, 0.6) is 0 Å². The predicted octanol–water partition coefficient (Wildman–Crippen LogP) is 2.73. The number of hydrogen-bond donors (Lipinski definition) is 1. The third kappa shape index (κ3) is 2.55. The molecule has 0 spiro atoms. The predicted molar refractivity (Wildman–Crippen MR) is 81.4 cm³/mol. The molecule has 6 nitrogen and oxygen atoms in total. The Hall–Kier alpha value is -2.76. The molecule has 0 bridgehead atoms. The molecule has 22 heavy (non-hydrogen) atoms. The molecule has 3 heterocycles. The van der Waals surface area contributed by atoms with Gasteiger partial charge < -0.3 is 9.84 Å². The van der Waals surface area contributed by atoms with Crippen LogP contribution < -0.4 is 5.32 Å². The molecule has 6 heteroatoms. The van der Waals surface area contributed by atoms with Crippen molar-refractivity contribution < 1.29 is 9.32 Å². The highest BCUT2D eigenvalue weighted by Gasteiger charge is 2.19. The first-order valence-corrected chi connectivity index (χ1v) is 7.00. The van der Waals surface area contributed by atoms with Crippen molar-refractivity contribution in [3.63, 3.8) is 0 Å². The lowest BCUT2D eigenvalue weighted by Crippen LogP contribution is -2.27. The van der Waals surface area contributed by atoms with E-state index in [0.717, 1.165) is 5.56 Å². The van der Waals surface area contributed by atoms with Gasteiger partial charge in [0.15, 0.2) is 0 Å². The zero-order valence-corrected chi connectivity index (χ0v) is 12.6. The molecule has 0 saturated carbocycles. The minimum atomic E-state index is -0.175. The number of aromatic nitrogens is 3. The Balaban J connectivity index is 1.94. The normalized spacial score (nSPS) is 12.3. The second-order valence-electron chi connectivity index (χ2n) is 5.24. The van der Waals surface area contributed by atoms with Crippen LogP contribution in [0.25, 0.3) is 11.1 Å². The van der Waals surface area contributed by atoms with E-state index in [0.29, 0.717) is 28.1 Å². The number of pyridine rings is 2. The molecular weight excluding hydrogens is 280 g/mol. The van der Waals surface area contributed by atoms with Crippen LogP contribution in [0.2, 0.25) is 0 Å². The van der Waals surface area contributed by atoms with Crippen molar-refractivity contribution in [1.82, 2.24) is 20.4 Å². The van der Waals surface area contributed by atoms with E-state index in [-0.39, 0.29) is 11.9 Å². The van der Waals surface area contributed by atoms with Crippen LogP contribution in [0.1, 0.15) is 40.3 Å². The zero-order chi connectivity index (χ0) is 15.7. The molecule has 1 atom stereocenters. The SMILES string of the molecule is Cc1cc(C(=O)N[C@H](C)c2ccncc2)c2c(C)noc2n1. The first kappa shape index (κ1) is 14.2. The van der Waals surface area contributed by atoms with Crippen LogP contribution in [-0.4, -0.2) is 21.0 Å². The zero-order valence-electron chi connectivity index (χ0n) is 12.6. The van der Waals surface area contributed by atoms with Gasteiger partial charge in [-0.1, -0.05) is 5.16 Å². The summed E-state index contributed by atoms with van der Waals surface area (Å²) in [5, 5.41) is 7.53. The van der Waals surface area contributed by atoms with Gasteiger partial charge >= 0.3 is 0 Å². The van der Waals surface area contributed by atoms with Gasteiger partial charge in [-0.05, 0) is 44.5 Å². The third-order valence-corrected chi connectivity index (χ3v) is 3.54. The Bertz CT molecular complexity index is 827. The third-order valence-electron chi connectivity index (χ3n) is 3.54. The van der Waals surface area contributed by atoms with Gasteiger partial charge in [0.2, 0.25) is 0 Å². The van der Waals surface area contributed by atoms with Crippen molar-refractivity contribution in [3.05, 3.63) is 53.1 Å². The molecule has 0 aliphatic carbocycles. The minimum Gasteiger partial charge on any atom is -0.345 e. The van der Waals surface area contributed by atoms with Crippen molar-refractivity contribution in [1.29, 1.82) is 0 Å². The summed E-state index contributed by atoms with van der Waals surface area (Å²) in [7, 11) is 0. The van der Waals surface area contributed by atoms with Crippen molar-refractivity contribution in [2.45, 2.75) is 26.8 Å². The molecule has 0 aromatic carbocycles. The molecule has 3 aromatic heterocycles. The number of nitrogens with one attached hydrogen (secondary N) is 1. The number of carbonyl (C=O) groups is 1. The highest BCUT2D eigenvalue weighted by molar-refractivity contribution is 6.06. The average Bonchev–Trinajstić information content (AvgIpc) is 2.88. The lowest BCUT2D eigenvalue weighted by Gasteiger charge is -2.14. The van der Waals surface area contributed by atoms with Crippen molar-refractivity contribution in [2.24, 2.45) is 0 Å². The Labute approximate surface area is 127 Å². The largest absolute Gasteiger partial charge is 0.345 e. The number of carbonyl (C=O) groups excluding carboxylic acids is 1. The Morgan fingerprint density at radius 3 is 2.73 bits per heavy atom. The molecule has 0 unspecified atom stereocenters. The van der Waals surface area contributed by atoms with Crippen LogP contribution in [0.3, 0.4) is 0 Å². The van der Waals surface area contributed by atoms with Gasteiger partial charge in [0.05, 0.1) is 22.7 Å². The van der Waals surface area contributed by atoms with Gasteiger partial charge in [0, 0.05) is 18.1 Å². The summed E-state index contributed by atoms with van der Waals surface area (Å²) in [6.45, 7) is 5.55. The summed E-state index contributed by atoms with van der Waals surface area (Å²) in [6, 6.07) is 5.38. The van der Waals surface area contributed by atoms with Gasteiger partial charge in [0.1, 0.15) is 0 Å². The minimum absolute atomic E-state index is 0.126. The Morgan fingerprint density at radius 1 is 1.27 bits per heavy atom. The number of amides is 1.